The third kappa shape index (κ3) is 3.07. The summed E-state index contributed by atoms with van der Waals surface area (Å²) < 4.78 is 16.5. The molecule has 0 aliphatic carbocycles. The van der Waals surface area contributed by atoms with Gasteiger partial charge in [0.05, 0.1) is 32.1 Å². The van der Waals surface area contributed by atoms with Crippen molar-refractivity contribution in [3.05, 3.63) is 47.0 Å². The summed E-state index contributed by atoms with van der Waals surface area (Å²) in [4.78, 5) is 12.5. The van der Waals surface area contributed by atoms with Gasteiger partial charge < -0.3 is 24.8 Å². The maximum Gasteiger partial charge on any atom is 0.255 e. The van der Waals surface area contributed by atoms with E-state index in [9.17, 15) is 4.79 Å². The standard InChI is InChI=1S/C19H22N2O4/c1-5-25-17-14(23-3)9-12(10-15(17)24-4)18-20-16-11(2)7-6-8-13(16)19(22)21-18/h6-10,18,20H,5H2,1-4H3,(H,21,22)/t18-/m0/s1. The van der Waals surface area contributed by atoms with E-state index < -0.39 is 0 Å². The number of amides is 1. The summed E-state index contributed by atoms with van der Waals surface area (Å²) in [6.07, 6.45) is -0.389. The highest BCUT2D eigenvalue weighted by atomic mass is 16.5. The molecule has 25 heavy (non-hydrogen) atoms. The number of anilines is 1. The lowest BCUT2D eigenvalue weighted by atomic mass is 10.0. The average molecular weight is 342 g/mol. The number of hydrogen-bond donors (Lipinski definition) is 2. The Bertz CT molecular complexity index is 779. The van der Waals surface area contributed by atoms with Gasteiger partial charge in [-0.3, -0.25) is 4.79 Å². The van der Waals surface area contributed by atoms with E-state index in [0.717, 1.165) is 16.8 Å². The molecule has 0 saturated heterocycles. The van der Waals surface area contributed by atoms with Crippen LogP contribution in [-0.2, 0) is 0 Å². The SMILES string of the molecule is CCOc1c(OC)cc([C@@H]2NC(=O)c3cccc(C)c3N2)cc1OC. The molecule has 0 aromatic heterocycles. The summed E-state index contributed by atoms with van der Waals surface area (Å²) in [5, 5.41) is 6.35. The van der Waals surface area contributed by atoms with Crippen molar-refractivity contribution in [2.45, 2.75) is 20.0 Å². The van der Waals surface area contributed by atoms with Gasteiger partial charge in [-0.2, -0.15) is 0 Å². The van der Waals surface area contributed by atoms with Crippen molar-refractivity contribution in [3.8, 4) is 17.2 Å². The Labute approximate surface area is 147 Å². The van der Waals surface area contributed by atoms with Gasteiger partial charge in [0.25, 0.3) is 5.91 Å². The number of carbonyl (C=O) groups is 1. The van der Waals surface area contributed by atoms with Gasteiger partial charge in [0.2, 0.25) is 5.75 Å². The van der Waals surface area contributed by atoms with Crippen LogP contribution in [0.25, 0.3) is 0 Å². The van der Waals surface area contributed by atoms with Gasteiger partial charge in [0, 0.05) is 5.56 Å². The van der Waals surface area contributed by atoms with Crippen LogP contribution in [0.2, 0.25) is 0 Å². The van der Waals surface area contributed by atoms with Gasteiger partial charge in [0.15, 0.2) is 11.5 Å². The third-order valence-electron chi connectivity index (χ3n) is 4.19. The minimum Gasteiger partial charge on any atom is -0.493 e. The van der Waals surface area contributed by atoms with Gasteiger partial charge in [-0.15, -0.1) is 0 Å². The van der Waals surface area contributed by atoms with E-state index in [1.807, 2.05) is 38.1 Å². The first-order valence-electron chi connectivity index (χ1n) is 8.14. The number of aryl methyl sites for hydroxylation is 1. The van der Waals surface area contributed by atoms with Crippen molar-refractivity contribution >= 4 is 11.6 Å². The molecular formula is C19H22N2O4. The predicted octanol–water partition coefficient (Wildman–Crippen LogP) is 3.27. The van der Waals surface area contributed by atoms with Gasteiger partial charge in [-0.05, 0) is 37.6 Å². The number of rotatable bonds is 5. The van der Waals surface area contributed by atoms with Gasteiger partial charge in [0.1, 0.15) is 6.17 Å². The first-order chi connectivity index (χ1) is 12.1. The van der Waals surface area contributed by atoms with E-state index in [4.69, 9.17) is 14.2 Å². The van der Waals surface area contributed by atoms with E-state index in [0.29, 0.717) is 29.4 Å². The summed E-state index contributed by atoms with van der Waals surface area (Å²) in [5.41, 5.74) is 3.31. The second-order valence-electron chi connectivity index (χ2n) is 5.74. The highest BCUT2D eigenvalue weighted by molar-refractivity contribution is 6.02. The first-order valence-corrected chi connectivity index (χ1v) is 8.14. The van der Waals surface area contributed by atoms with E-state index in [-0.39, 0.29) is 12.1 Å². The minimum atomic E-state index is -0.389. The zero-order valence-corrected chi connectivity index (χ0v) is 14.8. The smallest absolute Gasteiger partial charge is 0.255 e. The quantitative estimate of drug-likeness (QED) is 0.873. The number of carbonyl (C=O) groups excluding carboxylic acids is 1. The Morgan fingerprint density at radius 1 is 1.08 bits per heavy atom. The van der Waals surface area contributed by atoms with Crippen LogP contribution < -0.4 is 24.8 Å². The minimum absolute atomic E-state index is 0.116. The molecule has 0 saturated carbocycles. The van der Waals surface area contributed by atoms with Gasteiger partial charge in [-0.25, -0.2) is 0 Å². The molecule has 1 aliphatic rings. The average Bonchev–Trinajstić information content (AvgIpc) is 2.62. The van der Waals surface area contributed by atoms with Gasteiger partial charge >= 0.3 is 0 Å². The molecule has 6 heteroatoms. The predicted molar refractivity (Wildman–Crippen MR) is 95.7 cm³/mol. The summed E-state index contributed by atoms with van der Waals surface area (Å²) in [7, 11) is 3.15. The largest absolute Gasteiger partial charge is 0.493 e. The topological polar surface area (TPSA) is 68.8 Å². The Hall–Kier alpha value is -2.89. The summed E-state index contributed by atoms with van der Waals surface area (Å²) in [6.45, 7) is 4.37. The molecule has 0 radical (unpaired) electrons. The van der Waals surface area contributed by atoms with Crippen LogP contribution in [-0.4, -0.2) is 26.7 Å². The number of hydrogen-bond acceptors (Lipinski definition) is 5. The second-order valence-corrected chi connectivity index (χ2v) is 5.74. The summed E-state index contributed by atoms with van der Waals surface area (Å²) >= 11 is 0. The number of para-hydroxylation sites is 1. The fourth-order valence-electron chi connectivity index (χ4n) is 2.96. The summed E-state index contributed by atoms with van der Waals surface area (Å²) in [6, 6.07) is 9.34. The zero-order valence-electron chi connectivity index (χ0n) is 14.8. The molecule has 1 amide bonds. The number of ether oxygens (including phenoxy) is 3. The Morgan fingerprint density at radius 2 is 1.76 bits per heavy atom. The molecule has 1 heterocycles. The fourth-order valence-corrected chi connectivity index (χ4v) is 2.96. The molecule has 2 N–H and O–H groups in total. The van der Waals surface area contributed by atoms with Crippen molar-refractivity contribution in [2.75, 3.05) is 26.1 Å². The molecule has 132 valence electrons. The normalized spacial score (nSPS) is 15.7. The van der Waals surface area contributed by atoms with Gasteiger partial charge in [-0.1, -0.05) is 12.1 Å². The maximum atomic E-state index is 12.5. The van der Waals surface area contributed by atoms with Crippen LogP contribution in [0.4, 0.5) is 5.69 Å². The zero-order chi connectivity index (χ0) is 18.0. The highest BCUT2D eigenvalue weighted by Gasteiger charge is 2.27. The maximum absolute atomic E-state index is 12.5. The molecule has 3 rings (SSSR count). The lowest BCUT2D eigenvalue weighted by Gasteiger charge is -2.30. The molecule has 6 nitrogen and oxygen atoms in total. The molecular weight excluding hydrogens is 320 g/mol. The molecule has 0 unspecified atom stereocenters. The fraction of sp³-hybridized carbons (Fsp3) is 0.316. The monoisotopic (exact) mass is 342 g/mol. The van der Waals surface area contributed by atoms with E-state index >= 15 is 0 Å². The molecule has 1 aliphatic heterocycles. The Morgan fingerprint density at radius 3 is 2.36 bits per heavy atom. The van der Waals surface area contributed by atoms with Crippen molar-refractivity contribution in [1.82, 2.24) is 5.32 Å². The summed E-state index contributed by atoms with van der Waals surface area (Å²) in [5.74, 6) is 1.55. The van der Waals surface area contributed by atoms with Crippen LogP contribution >= 0.6 is 0 Å². The molecule has 0 spiro atoms. The lowest BCUT2D eigenvalue weighted by Crippen LogP contribution is -2.38. The van der Waals surface area contributed by atoms with E-state index in [2.05, 4.69) is 10.6 Å². The first kappa shape index (κ1) is 17.0. The van der Waals surface area contributed by atoms with Crippen LogP contribution in [0.5, 0.6) is 17.2 Å². The lowest BCUT2D eigenvalue weighted by molar-refractivity contribution is 0.0935. The van der Waals surface area contributed by atoms with Crippen molar-refractivity contribution < 1.29 is 19.0 Å². The molecule has 0 fully saturated rings. The van der Waals surface area contributed by atoms with Crippen LogP contribution in [0.3, 0.4) is 0 Å². The van der Waals surface area contributed by atoms with Crippen LogP contribution in [0.15, 0.2) is 30.3 Å². The van der Waals surface area contributed by atoms with Crippen LogP contribution in [0, 0.1) is 6.92 Å². The van der Waals surface area contributed by atoms with Crippen molar-refractivity contribution in [3.63, 3.8) is 0 Å². The molecule has 0 bridgehead atoms. The number of methoxy groups -OCH3 is 2. The Kier molecular flexibility index (Phi) is 4.70. The molecule has 2 aromatic rings. The van der Waals surface area contributed by atoms with Crippen molar-refractivity contribution in [2.24, 2.45) is 0 Å². The van der Waals surface area contributed by atoms with E-state index in [1.165, 1.54) is 0 Å². The number of benzene rings is 2. The second kappa shape index (κ2) is 6.93. The highest BCUT2D eigenvalue weighted by Crippen LogP contribution is 2.41. The van der Waals surface area contributed by atoms with Crippen LogP contribution in [0.1, 0.15) is 34.6 Å². The Balaban J connectivity index is 2.03. The molecule has 2 aromatic carbocycles. The number of nitrogens with one attached hydrogen (secondary N) is 2. The van der Waals surface area contributed by atoms with Crippen molar-refractivity contribution in [1.29, 1.82) is 0 Å². The number of fused-ring (bicyclic) bond motifs is 1. The van der Waals surface area contributed by atoms with E-state index in [1.54, 1.807) is 20.3 Å². The third-order valence-corrected chi connectivity index (χ3v) is 4.19. The molecule has 1 atom stereocenters.